The van der Waals surface area contributed by atoms with E-state index in [9.17, 15) is 0 Å². The third-order valence-electron chi connectivity index (χ3n) is 2.72. The Balaban J connectivity index is 2.71. The number of nitrogens with one attached hydrogen (secondary N) is 1. The molecule has 0 fully saturated rings. The van der Waals surface area contributed by atoms with Crippen LogP contribution in [0, 0.1) is 0 Å². The molecule has 0 aliphatic carbocycles. The number of benzene rings is 1. The van der Waals surface area contributed by atoms with Crippen molar-refractivity contribution in [1.82, 2.24) is 5.32 Å². The van der Waals surface area contributed by atoms with E-state index in [4.69, 9.17) is 27.9 Å². The molecule has 0 aliphatic heterocycles. The minimum atomic E-state index is 0.00901. The van der Waals surface area contributed by atoms with Gasteiger partial charge in [-0.05, 0) is 38.5 Å². The average Bonchev–Trinajstić information content (AvgIpc) is 2.27. The molecule has 0 amide bonds. The Morgan fingerprint density at radius 3 is 2.65 bits per heavy atom. The topological polar surface area (TPSA) is 21.3 Å². The van der Waals surface area contributed by atoms with Crippen molar-refractivity contribution in [2.45, 2.75) is 32.4 Å². The second-order valence-corrected chi connectivity index (χ2v) is 5.45. The lowest BCUT2D eigenvalue weighted by molar-refractivity contribution is 0.365. The van der Waals surface area contributed by atoms with Gasteiger partial charge in [-0.1, -0.05) is 11.6 Å². The third-order valence-corrected chi connectivity index (χ3v) is 3.14. The van der Waals surface area contributed by atoms with Gasteiger partial charge in [0, 0.05) is 28.5 Å². The summed E-state index contributed by atoms with van der Waals surface area (Å²) in [4.78, 5) is 0. The Bertz CT molecular complexity index is 366. The van der Waals surface area contributed by atoms with Crippen LogP contribution < -0.4 is 10.1 Å². The van der Waals surface area contributed by atoms with Crippen LogP contribution >= 0.6 is 23.2 Å². The van der Waals surface area contributed by atoms with Gasteiger partial charge in [0.25, 0.3) is 0 Å². The number of hydrogen-bond donors (Lipinski definition) is 1. The summed E-state index contributed by atoms with van der Waals surface area (Å²) in [6.45, 7) is 4.98. The van der Waals surface area contributed by atoms with E-state index in [1.54, 1.807) is 7.11 Å². The van der Waals surface area contributed by atoms with E-state index >= 15 is 0 Å². The van der Waals surface area contributed by atoms with Gasteiger partial charge in [-0.15, -0.1) is 11.6 Å². The summed E-state index contributed by atoms with van der Waals surface area (Å²) >= 11 is 11.7. The fourth-order valence-electron chi connectivity index (χ4n) is 1.54. The predicted molar refractivity (Wildman–Crippen MR) is 74.3 cm³/mol. The molecule has 2 nitrogen and oxygen atoms in total. The Morgan fingerprint density at radius 1 is 1.35 bits per heavy atom. The summed E-state index contributed by atoms with van der Waals surface area (Å²) < 4.78 is 5.30. The van der Waals surface area contributed by atoms with E-state index in [2.05, 4.69) is 19.2 Å². The van der Waals surface area contributed by atoms with Gasteiger partial charge in [0.1, 0.15) is 5.75 Å². The summed E-state index contributed by atoms with van der Waals surface area (Å²) in [5.74, 6) is 1.50. The normalized spacial score (nSPS) is 11.6. The molecule has 4 heteroatoms. The number of halogens is 2. The minimum Gasteiger partial charge on any atom is -0.496 e. The third kappa shape index (κ3) is 4.74. The van der Waals surface area contributed by atoms with Gasteiger partial charge < -0.3 is 10.1 Å². The highest BCUT2D eigenvalue weighted by Crippen LogP contribution is 2.23. The first-order valence-electron chi connectivity index (χ1n) is 5.62. The van der Waals surface area contributed by atoms with Crippen molar-refractivity contribution in [1.29, 1.82) is 0 Å². The van der Waals surface area contributed by atoms with Crippen LogP contribution in [-0.2, 0) is 6.54 Å². The molecule has 0 saturated heterocycles. The van der Waals surface area contributed by atoms with Crippen LogP contribution in [0.25, 0.3) is 0 Å². The minimum absolute atomic E-state index is 0.00901. The smallest absolute Gasteiger partial charge is 0.123 e. The highest BCUT2D eigenvalue weighted by atomic mass is 35.5. The molecule has 1 aromatic carbocycles. The maximum Gasteiger partial charge on any atom is 0.123 e. The first kappa shape index (κ1) is 14.6. The van der Waals surface area contributed by atoms with Crippen molar-refractivity contribution in [3.05, 3.63) is 28.8 Å². The second-order valence-electron chi connectivity index (χ2n) is 4.63. The van der Waals surface area contributed by atoms with E-state index in [0.29, 0.717) is 12.4 Å². The van der Waals surface area contributed by atoms with Crippen LogP contribution in [0.5, 0.6) is 5.75 Å². The van der Waals surface area contributed by atoms with Crippen molar-refractivity contribution < 1.29 is 4.74 Å². The van der Waals surface area contributed by atoms with Crippen LogP contribution in [0.1, 0.15) is 25.8 Å². The van der Waals surface area contributed by atoms with E-state index < -0.39 is 0 Å². The Morgan fingerprint density at radius 2 is 2.06 bits per heavy atom. The highest BCUT2D eigenvalue weighted by Gasteiger charge is 2.16. The predicted octanol–water partition coefficient (Wildman–Crippen LogP) is 3.85. The first-order chi connectivity index (χ1) is 7.98. The largest absolute Gasteiger partial charge is 0.496 e. The molecule has 0 radical (unpaired) electrons. The molecule has 1 N–H and O–H groups in total. The summed E-state index contributed by atoms with van der Waals surface area (Å²) in [6.07, 6.45) is 0.914. The standard InChI is InChI=1S/C13H19Cl2NO/c1-13(2,6-7-14)16-9-10-8-11(15)4-5-12(10)17-3/h4-5,8,16H,6-7,9H2,1-3H3. The highest BCUT2D eigenvalue weighted by molar-refractivity contribution is 6.30. The molecule has 0 atom stereocenters. The SMILES string of the molecule is COc1ccc(Cl)cc1CNC(C)(C)CCCl. The van der Waals surface area contributed by atoms with Gasteiger partial charge in [0.05, 0.1) is 7.11 Å². The van der Waals surface area contributed by atoms with Gasteiger partial charge in [-0.2, -0.15) is 0 Å². The second kappa shape index (κ2) is 6.48. The lowest BCUT2D eigenvalue weighted by Gasteiger charge is -2.26. The van der Waals surface area contributed by atoms with Crippen molar-refractivity contribution in [2.75, 3.05) is 13.0 Å². The number of rotatable bonds is 6. The molecule has 96 valence electrons. The number of hydrogen-bond acceptors (Lipinski definition) is 2. The van der Waals surface area contributed by atoms with Gasteiger partial charge in [-0.3, -0.25) is 0 Å². The van der Waals surface area contributed by atoms with Crippen LogP contribution in [0.2, 0.25) is 5.02 Å². The molecule has 0 bridgehead atoms. The lowest BCUT2D eigenvalue weighted by atomic mass is 10.0. The zero-order valence-electron chi connectivity index (χ0n) is 10.5. The van der Waals surface area contributed by atoms with E-state index in [1.165, 1.54) is 0 Å². The summed E-state index contributed by atoms with van der Waals surface area (Å²) in [7, 11) is 1.66. The van der Waals surface area contributed by atoms with Crippen LogP contribution in [0.15, 0.2) is 18.2 Å². The molecule has 1 rings (SSSR count). The molecule has 17 heavy (non-hydrogen) atoms. The number of methoxy groups -OCH3 is 1. The van der Waals surface area contributed by atoms with Crippen molar-refractivity contribution in [2.24, 2.45) is 0 Å². The molecule has 0 spiro atoms. The number of alkyl halides is 1. The van der Waals surface area contributed by atoms with E-state index in [-0.39, 0.29) is 5.54 Å². The van der Waals surface area contributed by atoms with Gasteiger partial charge in [0.2, 0.25) is 0 Å². The first-order valence-corrected chi connectivity index (χ1v) is 6.53. The maximum absolute atomic E-state index is 5.98. The fraction of sp³-hybridized carbons (Fsp3) is 0.538. The van der Waals surface area contributed by atoms with Gasteiger partial charge in [-0.25, -0.2) is 0 Å². The number of ether oxygens (including phenoxy) is 1. The zero-order chi connectivity index (χ0) is 12.9. The zero-order valence-corrected chi connectivity index (χ0v) is 12.0. The molecule has 0 unspecified atom stereocenters. The summed E-state index contributed by atoms with van der Waals surface area (Å²) in [5.41, 5.74) is 1.07. The molecular weight excluding hydrogens is 257 g/mol. The Hall–Kier alpha value is -0.440. The van der Waals surface area contributed by atoms with E-state index in [1.807, 2.05) is 18.2 Å². The van der Waals surface area contributed by atoms with Crippen LogP contribution in [0.3, 0.4) is 0 Å². The van der Waals surface area contributed by atoms with E-state index in [0.717, 1.165) is 22.8 Å². The summed E-state index contributed by atoms with van der Waals surface area (Å²) in [6, 6.07) is 5.63. The molecule has 0 aromatic heterocycles. The van der Waals surface area contributed by atoms with Crippen LogP contribution in [-0.4, -0.2) is 18.5 Å². The molecule has 0 heterocycles. The van der Waals surface area contributed by atoms with Crippen molar-refractivity contribution in [3.8, 4) is 5.75 Å². The quantitative estimate of drug-likeness (QED) is 0.797. The fourth-order valence-corrected chi connectivity index (χ4v) is 2.21. The molecular formula is C13H19Cl2NO. The lowest BCUT2D eigenvalue weighted by Crippen LogP contribution is -2.39. The van der Waals surface area contributed by atoms with Crippen molar-refractivity contribution >= 4 is 23.2 Å². The monoisotopic (exact) mass is 275 g/mol. The molecule has 0 aliphatic rings. The van der Waals surface area contributed by atoms with Crippen LogP contribution in [0.4, 0.5) is 0 Å². The van der Waals surface area contributed by atoms with Crippen molar-refractivity contribution in [3.63, 3.8) is 0 Å². The Kier molecular flexibility index (Phi) is 5.57. The van der Waals surface area contributed by atoms with Gasteiger partial charge in [0.15, 0.2) is 0 Å². The summed E-state index contributed by atoms with van der Waals surface area (Å²) in [5, 5.41) is 4.18. The van der Waals surface area contributed by atoms with Gasteiger partial charge >= 0.3 is 0 Å². The Labute approximate surface area is 113 Å². The molecule has 1 aromatic rings. The molecule has 0 saturated carbocycles. The average molecular weight is 276 g/mol. The maximum atomic E-state index is 5.98.